The maximum absolute atomic E-state index is 10.9. The van der Waals surface area contributed by atoms with Crippen LogP contribution in [0.5, 0.6) is 0 Å². The van der Waals surface area contributed by atoms with Crippen molar-refractivity contribution >= 4 is 23.9 Å². The van der Waals surface area contributed by atoms with Crippen LogP contribution in [-0.2, 0) is 0 Å². The van der Waals surface area contributed by atoms with E-state index >= 15 is 0 Å². The average molecular weight is 407 g/mol. The minimum absolute atomic E-state index is 0. The number of hydrogen-bond donors (Lipinski definition) is 4. The Bertz CT molecular complexity index is 531. The molecule has 0 bridgehead atoms. The summed E-state index contributed by atoms with van der Waals surface area (Å²) >= 11 is 0. The van der Waals surface area contributed by atoms with Crippen LogP contribution in [-0.4, -0.2) is 49.3 Å². The van der Waals surface area contributed by atoms with Crippen LogP contribution in [0.1, 0.15) is 41.6 Å². The predicted molar refractivity (Wildman–Crippen MR) is 52.1 cm³/mol. The van der Waals surface area contributed by atoms with Gasteiger partial charge in [-0.3, -0.25) is 0 Å². The molecule has 0 atom stereocenters. The summed E-state index contributed by atoms with van der Waals surface area (Å²) in [5.41, 5.74) is -4.23. The normalized spacial score (nSPS) is 9.26. The molecule has 0 aliphatic heterocycles. The standard InChI is InChI=1S/C9H5NO8.Eu/c11-6(12)2-1-10-5(9(17)18)4(8(15)16)3(2)7(13)14;/h1H,(H,11,12)(H,13,14)(H,15,16)(H,17,18);. The second-order valence-electron chi connectivity index (χ2n) is 2.99. The van der Waals surface area contributed by atoms with Gasteiger partial charge >= 0.3 is 23.9 Å². The van der Waals surface area contributed by atoms with Gasteiger partial charge in [0.2, 0.25) is 0 Å². The summed E-state index contributed by atoms with van der Waals surface area (Å²) in [6.45, 7) is 0. The van der Waals surface area contributed by atoms with E-state index in [9.17, 15) is 19.2 Å². The number of aromatic carboxylic acids is 4. The Morgan fingerprint density at radius 3 is 1.58 bits per heavy atom. The van der Waals surface area contributed by atoms with Gasteiger partial charge in [0.25, 0.3) is 0 Å². The molecule has 10 heteroatoms. The van der Waals surface area contributed by atoms with Crippen LogP contribution in [0, 0.1) is 49.4 Å². The summed E-state index contributed by atoms with van der Waals surface area (Å²) in [7, 11) is 0. The molecular formula is C9H5EuNO8. The molecule has 101 valence electrons. The number of pyridine rings is 1. The minimum Gasteiger partial charge on any atom is -0.478 e. The van der Waals surface area contributed by atoms with E-state index < -0.39 is 46.3 Å². The van der Waals surface area contributed by atoms with Crippen LogP contribution in [0.25, 0.3) is 0 Å². The molecule has 1 aromatic rings. The SMILES string of the molecule is O=C(O)c1cnc(C(=O)O)c(C(=O)O)c1C(=O)O.[Eu]. The first-order chi connectivity index (χ1) is 8.27. The Morgan fingerprint density at radius 1 is 0.789 bits per heavy atom. The Balaban J connectivity index is 0.00000324. The molecule has 0 saturated carbocycles. The zero-order valence-electron chi connectivity index (χ0n) is 8.82. The molecule has 19 heavy (non-hydrogen) atoms. The first-order valence-corrected chi connectivity index (χ1v) is 4.23. The minimum atomic E-state index is -1.89. The van der Waals surface area contributed by atoms with Crippen molar-refractivity contribution in [2.75, 3.05) is 0 Å². The van der Waals surface area contributed by atoms with E-state index in [2.05, 4.69) is 4.98 Å². The average Bonchev–Trinajstić information content (AvgIpc) is 2.26. The summed E-state index contributed by atoms with van der Waals surface area (Å²) in [5.74, 6) is -7.25. The fraction of sp³-hybridized carbons (Fsp3) is 0. The Morgan fingerprint density at radius 2 is 1.26 bits per heavy atom. The van der Waals surface area contributed by atoms with E-state index in [1.807, 2.05) is 0 Å². The van der Waals surface area contributed by atoms with Crippen LogP contribution in [0.3, 0.4) is 0 Å². The Kier molecular flexibility index (Phi) is 6.20. The van der Waals surface area contributed by atoms with Gasteiger partial charge in [0.1, 0.15) is 5.56 Å². The maximum atomic E-state index is 10.9. The summed E-state index contributed by atoms with van der Waals surface area (Å²) in [6.07, 6.45) is 0.488. The van der Waals surface area contributed by atoms with Gasteiger partial charge in [0.05, 0.1) is 11.1 Å². The van der Waals surface area contributed by atoms with Gasteiger partial charge in [-0.05, 0) is 0 Å². The fourth-order valence-electron chi connectivity index (χ4n) is 1.27. The van der Waals surface area contributed by atoms with Crippen molar-refractivity contribution in [1.82, 2.24) is 4.98 Å². The van der Waals surface area contributed by atoms with E-state index in [1.54, 1.807) is 0 Å². The first kappa shape index (κ1) is 17.6. The maximum Gasteiger partial charge on any atom is 0.355 e. The van der Waals surface area contributed by atoms with Crippen LogP contribution in [0.4, 0.5) is 0 Å². The van der Waals surface area contributed by atoms with E-state index in [0.29, 0.717) is 6.20 Å². The third kappa shape index (κ3) is 3.55. The monoisotopic (exact) mass is 408 g/mol. The van der Waals surface area contributed by atoms with Crippen molar-refractivity contribution in [2.45, 2.75) is 0 Å². The van der Waals surface area contributed by atoms with Gasteiger partial charge in [-0.15, -0.1) is 0 Å². The number of carboxylic acid groups (broad SMARTS) is 4. The summed E-state index contributed by atoms with van der Waals surface area (Å²) in [4.78, 5) is 46.3. The van der Waals surface area contributed by atoms with E-state index in [0.717, 1.165) is 0 Å². The fourth-order valence-corrected chi connectivity index (χ4v) is 1.27. The van der Waals surface area contributed by atoms with Crippen LogP contribution in [0.2, 0.25) is 0 Å². The van der Waals surface area contributed by atoms with Gasteiger partial charge in [0, 0.05) is 55.6 Å². The van der Waals surface area contributed by atoms with Gasteiger partial charge in [0.15, 0.2) is 5.69 Å². The van der Waals surface area contributed by atoms with Crippen molar-refractivity contribution < 1.29 is 89.0 Å². The molecule has 0 fully saturated rings. The van der Waals surface area contributed by atoms with Crippen LogP contribution in [0.15, 0.2) is 6.20 Å². The number of rotatable bonds is 4. The number of hydrogen-bond acceptors (Lipinski definition) is 5. The van der Waals surface area contributed by atoms with Gasteiger partial charge in [-0.2, -0.15) is 0 Å². The molecule has 0 spiro atoms. The second-order valence-corrected chi connectivity index (χ2v) is 2.99. The third-order valence-corrected chi connectivity index (χ3v) is 1.94. The van der Waals surface area contributed by atoms with Crippen LogP contribution < -0.4 is 0 Å². The molecule has 0 amide bonds. The molecule has 1 aromatic heterocycles. The molecule has 4 N–H and O–H groups in total. The molecule has 0 aliphatic carbocycles. The second kappa shape index (κ2) is 6.69. The quantitative estimate of drug-likeness (QED) is 0.533. The molecule has 0 unspecified atom stereocenters. The van der Waals surface area contributed by atoms with E-state index in [1.165, 1.54) is 0 Å². The van der Waals surface area contributed by atoms with Crippen molar-refractivity contribution in [1.29, 1.82) is 0 Å². The molecule has 0 saturated heterocycles. The summed E-state index contributed by atoms with van der Waals surface area (Å²) in [5, 5.41) is 35.0. The summed E-state index contributed by atoms with van der Waals surface area (Å²) < 4.78 is 0. The summed E-state index contributed by atoms with van der Waals surface area (Å²) in [6, 6.07) is 0. The van der Waals surface area contributed by atoms with Crippen LogP contribution >= 0.6 is 0 Å². The van der Waals surface area contributed by atoms with Crippen molar-refractivity contribution in [2.24, 2.45) is 0 Å². The van der Waals surface area contributed by atoms with Crippen molar-refractivity contribution in [3.63, 3.8) is 0 Å². The Hall–Kier alpha value is -1.39. The smallest absolute Gasteiger partial charge is 0.355 e. The zero-order valence-corrected chi connectivity index (χ0v) is 11.2. The first-order valence-electron chi connectivity index (χ1n) is 4.23. The largest absolute Gasteiger partial charge is 0.478 e. The molecule has 9 nitrogen and oxygen atoms in total. The number of carboxylic acids is 4. The molecule has 1 radical (unpaired) electrons. The van der Waals surface area contributed by atoms with Gasteiger partial charge in [-0.1, -0.05) is 0 Å². The third-order valence-electron chi connectivity index (χ3n) is 1.94. The van der Waals surface area contributed by atoms with Crippen molar-refractivity contribution in [3.8, 4) is 0 Å². The molecule has 0 aliphatic rings. The van der Waals surface area contributed by atoms with Gasteiger partial charge in [-0.25, -0.2) is 24.2 Å². The predicted octanol–water partition coefficient (Wildman–Crippen LogP) is -0.126. The molecule has 1 heterocycles. The van der Waals surface area contributed by atoms with E-state index in [-0.39, 0.29) is 49.4 Å². The number of carbonyl (C=O) groups is 4. The molecular weight excluding hydrogens is 402 g/mol. The number of nitrogens with zero attached hydrogens (tertiary/aromatic N) is 1. The van der Waals surface area contributed by atoms with Gasteiger partial charge < -0.3 is 20.4 Å². The zero-order chi connectivity index (χ0) is 14.0. The number of aromatic nitrogens is 1. The van der Waals surface area contributed by atoms with E-state index in [4.69, 9.17) is 20.4 Å². The topological polar surface area (TPSA) is 162 Å². The molecule has 1 rings (SSSR count). The Labute approximate surface area is 145 Å². The molecule has 0 aromatic carbocycles. The van der Waals surface area contributed by atoms with Crippen molar-refractivity contribution in [3.05, 3.63) is 28.6 Å².